The minimum Gasteiger partial charge on any atom is -0.369 e. The summed E-state index contributed by atoms with van der Waals surface area (Å²) in [6, 6.07) is 1.93. The summed E-state index contributed by atoms with van der Waals surface area (Å²) in [4.78, 5) is 9.30. The smallest absolute Gasteiger partial charge is 0.180 e. The zero-order valence-electron chi connectivity index (χ0n) is 12.3. The summed E-state index contributed by atoms with van der Waals surface area (Å²) in [7, 11) is 1.90. The van der Waals surface area contributed by atoms with E-state index < -0.39 is 0 Å². The summed E-state index contributed by atoms with van der Waals surface area (Å²) in [5.41, 5.74) is 1.95. The van der Waals surface area contributed by atoms with Crippen LogP contribution in [0.25, 0.3) is 11.5 Å². The minimum atomic E-state index is 0.537. The van der Waals surface area contributed by atoms with Crippen molar-refractivity contribution in [1.82, 2.24) is 19.7 Å². The lowest BCUT2D eigenvalue weighted by Crippen LogP contribution is -2.09. The highest BCUT2D eigenvalue weighted by atomic mass is 79.9. The molecule has 2 aromatic heterocycles. The van der Waals surface area contributed by atoms with Gasteiger partial charge in [0.05, 0.1) is 10.2 Å². The fraction of sp³-hybridized carbons (Fsp3) is 0.500. The van der Waals surface area contributed by atoms with Crippen molar-refractivity contribution in [2.24, 2.45) is 13.0 Å². The van der Waals surface area contributed by atoms with Gasteiger partial charge in [0.15, 0.2) is 5.82 Å². The minimum absolute atomic E-state index is 0.537. The largest absolute Gasteiger partial charge is 0.369 e. The van der Waals surface area contributed by atoms with Crippen LogP contribution >= 0.6 is 15.9 Å². The second-order valence-corrected chi connectivity index (χ2v) is 5.92. The van der Waals surface area contributed by atoms with Gasteiger partial charge in [-0.2, -0.15) is 5.10 Å². The maximum atomic E-state index is 4.70. The number of aromatic nitrogens is 4. The van der Waals surface area contributed by atoms with E-state index in [0.717, 1.165) is 34.6 Å². The molecule has 0 aromatic carbocycles. The Labute approximate surface area is 128 Å². The molecule has 5 nitrogen and oxygen atoms in total. The lowest BCUT2D eigenvalue weighted by molar-refractivity contribution is 0.632. The molecule has 0 aliphatic rings. The molecule has 2 aromatic rings. The molecule has 0 unspecified atom stereocenters. The van der Waals surface area contributed by atoms with Crippen molar-refractivity contribution < 1.29 is 0 Å². The van der Waals surface area contributed by atoms with Gasteiger partial charge in [-0.1, -0.05) is 13.8 Å². The molecule has 0 bridgehead atoms. The van der Waals surface area contributed by atoms with Gasteiger partial charge in [0.1, 0.15) is 11.5 Å². The van der Waals surface area contributed by atoms with Gasteiger partial charge < -0.3 is 5.32 Å². The average molecular weight is 338 g/mol. The van der Waals surface area contributed by atoms with Crippen molar-refractivity contribution in [2.45, 2.75) is 27.2 Å². The molecule has 0 radical (unpaired) electrons. The predicted molar refractivity (Wildman–Crippen MR) is 84.6 cm³/mol. The second kappa shape index (κ2) is 6.35. The van der Waals surface area contributed by atoms with E-state index in [2.05, 4.69) is 52.1 Å². The highest BCUT2D eigenvalue weighted by molar-refractivity contribution is 9.10. The summed E-state index contributed by atoms with van der Waals surface area (Å²) in [6.45, 7) is 7.25. The molecule has 0 amide bonds. The lowest BCUT2D eigenvalue weighted by Gasteiger charge is -2.13. The molecule has 0 aliphatic carbocycles. The van der Waals surface area contributed by atoms with E-state index in [1.165, 1.54) is 0 Å². The Morgan fingerprint density at radius 2 is 2.10 bits per heavy atom. The van der Waals surface area contributed by atoms with Crippen molar-refractivity contribution in [3.05, 3.63) is 22.4 Å². The van der Waals surface area contributed by atoms with E-state index in [1.54, 1.807) is 10.9 Å². The van der Waals surface area contributed by atoms with Crippen molar-refractivity contribution in [3.8, 4) is 11.5 Å². The molecule has 20 heavy (non-hydrogen) atoms. The molecule has 6 heteroatoms. The van der Waals surface area contributed by atoms with Crippen LogP contribution in [0, 0.1) is 5.92 Å². The van der Waals surface area contributed by atoms with Crippen molar-refractivity contribution in [2.75, 3.05) is 11.9 Å². The summed E-state index contributed by atoms with van der Waals surface area (Å²) >= 11 is 3.62. The molecule has 0 spiro atoms. The number of hydrogen-bond donors (Lipinski definition) is 1. The average Bonchev–Trinajstić information content (AvgIpc) is 2.80. The Balaban J connectivity index is 2.52. The third-order valence-corrected chi connectivity index (χ3v) is 3.75. The van der Waals surface area contributed by atoms with E-state index in [4.69, 9.17) is 4.98 Å². The first-order valence-corrected chi connectivity index (χ1v) is 7.60. The Bertz CT molecular complexity index is 591. The van der Waals surface area contributed by atoms with Crippen LogP contribution in [-0.2, 0) is 13.5 Å². The van der Waals surface area contributed by atoms with Crippen LogP contribution in [0.1, 0.15) is 26.5 Å². The Kier molecular flexibility index (Phi) is 4.75. The monoisotopic (exact) mass is 337 g/mol. The number of hydrogen-bond acceptors (Lipinski definition) is 4. The summed E-state index contributed by atoms with van der Waals surface area (Å²) in [5.74, 6) is 2.09. The first-order valence-electron chi connectivity index (χ1n) is 6.81. The SMILES string of the molecule is CCNc1nc(-c2ccnn2C)nc(CC(C)C)c1Br. The maximum Gasteiger partial charge on any atom is 0.180 e. The lowest BCUT2D eigenvalue weighted by atomic mass is 10.1. The van der Waals surface area contributed by atoms with E-state index >= 15 is 0 Å². The number of halogens is 1. The molecular formula is C14H20BrN5. The van der Waals surface area contributed by atoms with Crippen LogP contribution in [0.2, 0.25) is 0 Å². The van der Waals surface area contributed by atoms with Gasteiger partial charge in [0, 0.05) is 19.8 Å². The van der Waals surface area contributed by atoms with Crippen LogP contribution in [0.3, 0.4) is 0 Å². The van der Waals surface area contributed by atoms with Gasteiger partial charge in [-0.05, 0) is 41.3 Å². The van der Waals surface area contributed by atoms with E-state index in [0.29, 0.717) is 11.7 Å². The van der Waals surface area contributed by atoms with Gasteiger partial charge in [-0.25, -0.2) is 9.97 Å². The van der Waals surface area contributed by atoms with Gasteiger partial charge >= 0.3 is 0 Å². The Morgan fingerprint density at radius 1 is 1.35 bits per heavy atom. The normalized spacial score (nSPS) is 11.1. The molecule has 0 fully saturated rings. The van der Waals surface area contributed by atoms with E-state index in [9.17, 15) is 0 Å². The van der Waals surface area contributed by atoms with Crippen LogP contribution in [-0.4, -0.2) is 26.3 Å². The molecular weight excluding hydrogens is 318 g/mol. The van der Waals surface area contributed by atoms with E-state index in [1.807, 2.05) is 13.1 Å². The third kappa shape index (κ3) is 3.17. The van der Waals surface area contributed by atoms with Crippen LogP contribution < -0.4 is 5.32 Å². The number of anilines is 1. The number of nitrogens with one attached hydrogen (secondary N) is 1. The zero-order valence-corrected chi connectivity index (χ0v) is 13.9. The van der Waals surface area contributed by atoms with Gasteiger partial charge in [-0.3, -0.25) is 4.68 Å². The molecule has 0 saturated heterocycles. The molecule has 0 saturated carbocycles. The summed E-state index contributed by atoms with van der Waals surface area (Å²) in [6.07, 6.45) is 2.67. The highest BCUT2D eigenvalue weighted by Gasteiger charge is 2.15. The predicted octanol–water partition coefficient (Wildman–Crippen LogP) is 3.27. The Morgan fingerprint density at radius 3 is 2.65 bits per heavy atom. The summed E-state index contributed by atoms with van der Waals surface area (Å²) < 4.78 is 2.75. The molecule has 2 rings (SSSR count). The van der Waals surface area contributed by atoms with E-state index in [-0.39, 0.29) is 0 Å². The maximum absolute atomic E-state index is 4.70. The molecule has 0 aliphatic heterocycles. The fourth-order valence-corrected chi connectivity index (χ4v) is 2.49. The van der Waals surface area contributed by atoms with Crippen LogP contribution in [0.4, 0.5) is 5.82 Å². The van der Waals surface area contributed by atoms with Gasteiger partial charge in [0.2, 0.25) is 0 Å². The van der Waals surface area contributed by atoms with Crippen molar-refractivity contribution in [1.29, 1.82) is 0 Å². The standard InChI is InChI=1S/C14H20BrN5/c1-5-16-14-12(15)10(8-9(2)3)18-13(19-14)11-6-7-17-20(11)4/h6-7,9H,5,8H2,1-4H3,(H,16,18,19). The molecule has 2 heterocycles. The molecule has 1 N–H and O–H groups in total. The number of aryl methyl sites for hydroxylation is 1. The van der Waals surface area contributed by atoms with Crippen molar-refractivity contribution >= 4 is 21.7 Å². The van der Waals surface area contributed by atoms with Gasteiger partial charge in [-0.15, -0.1) is 0 Å². The van der Waals surface area contributed by atoms with Crippen LogP contribution in [0.5, 0.6) is 0 Å². The van der Waals surface area contributed by atoms with Crippen LogP contribution in [0.15, 0.2) is 16.7 Å². The zero-order chi connectivity index (χ0) is 14.7. The number of nitrogens with zero attached hydrogens (tertiary/aromatic N) is 4. The second-order valence-electron chi connectivity index (χ2n) is 5.12. The first kappa shape index (κ1) is 15.0. The molecule has 108 valence electrons. The third-order valence-electron chi connectivity index (χ3n) is 2.92. The Hall–Kier alpha value is -1.43. The first-order chi connectivity index (χ1) is 9.52. The molecule has 0 atom stereocenters. The van der Waals surface area contributed by atoms with Crippen molar-refractivity contribution in [3.63, 3.8) is 0 Å². The quantitative estimate of drug-likeness (QED) is 0.909. The number of rotatable bonds is 5. The van der Waals surface area contributed by atoms with Gasteiger partial charge in [0.25, 0.3) is 0 Å². The topological polar surface area (TPSA) is 55.6 Å². The fourth-order valence-electron chi connectivity index (χ4n) is 2.01. The summed E-state index contributed by atoms with van der Waals surface area (Å²) in [5, 5.41) is 7.47. The highest BCUT2D eigenvalue weighted by Crippen LogP contribution is 2.28.